The van der Waals surface area contributed by atoms with E-state index in [1.807, 2.05) is 43.3 Å². The second kappa shape index (κ2) is 9.20. The number of carbonyl (C=O) groups is 2. The van der Waals surface area contributed by atoms with E-state index in [4.69, 9.17) is 0 Å². The second-order valence-electron chi connectivity index (χ2n) is 6.82. The predicted molar refractivity (Wildman–Crippen MR) is 102 cm³/mol. The number of amides is 2. The Morgan fingerprint density at radius 1 is 1.12 bits per heavy atom. The Morgan fingerprint density at radius 3 is 2.36 bits per heavy atom. The number of nitrogens with one attached hydrogen (secondary N) is 2. The number of hydrazone groups is 1. The van der Waals surface area contributed by atoms with Crippen molar-refractivity contribution in [1.82, 2.24) is 5.43 Å². The molecule has 0 spiro atoms. The standard InChI is InChI=1S/C19H28N4O2/c1-14(21-22-19(25)15-7-5-4-6-8-15)13-18(24)20-16-9-11-17(12-10-16)23(2)3/h9-12,15H,4-8,13H2,1-3H3,(H,20,24)(H,22,25)/b21-14-. The van der Waals surface area contributed by atoms with Crippen LogP contribution in [0.4, 0.5) is 11.4 Å². The Hall–Kier alpha value is -2.37. The molecule has 0 bridgehead atoms. The lowest BCUT2D eigenvalue weighted by Crippen LogP contribution is -2.29. The van der Waals surface area contributed by atoms with Gasteiger partial charge in [0.2, 0.25) is 11.8 Å². The Morgan fingerprint density at radius 2 is 1.76 bits per heavy atom. The highest BCUT2D eigenvalue weighted by molar-refractivity contribution is 6.05. The van der Waals surface area contributed by atoms with Crippen LogP contribution in [0.5, 0.6) is 0 Å². The molecule has 6 heteroatoms. The van der Waals surface area contributed by atoms with Gasteiger partial charge in [0.25, 0.3) is 0 Å². The van der Waals surface area contributed by atoms with Crippen LogP contribution in [0, 0.1) is 5.92 Å². The van der Waals surface area contributed by atoms with Crippen LogP contribution in [0.15, 0.2) is 29.4 Å². The molecule has 1 aromatic rings. The van der Waals surface area contributed by atoms with Crippen LogP contribution < -0.4 is 15.6 Å². The normalized spacial score (nSPS) is 15.6. The molecule has 0 saturated heterocycles. The maximum Gasteiger partial charge on any atom is 0.243 e. The predicted octanol–water partition coefficient (Wildman–Crippen LogP) is 3.15. The maximum atomic E-state index is 12.1. The zero-order chi connectivity index (χ0) is 18.2. The molecule has 0 unspecified atom stereocenters. The highest BCUT2D eigenvalue weighted by Crippen LogP contribution is 2.23. The van der Waals surface area contributed by atoms with Crippen LogP contribution in [0.25, 0.3) is 0 Å². The Balaban J connectivity index is 1.79. The molecular weight excluding hydrogens is 316 g/mol. The summed E-state index contributed by atoms with van der Waals surface area (Å²) < 4.78 is 0. The van der Waals surface area contributed by atoms with Crippen molar-refractivity contribution in [3.63, 3.8) is 0 Å². The minimum absolute atomic E-state index is 0.0290. The summed E-state index contributed by atoms with van der Waals surface area (Å²) in [6.07, 6.45) is 5.45. The third kappa shape index (κ3) is 6.21. The van der Waals surface area contributed by atoms with E-state index in [-0.39, 0.29) is 24.2 Å². The lowest BCUT2D eigenvalue weighted by molar-refractivity contribution is -0.126. The van der Waals surface area contributed by atoms with Crippen LogP contribution in [0.1, 0.15) is 45.4 Å². The number of rotatable bonds is 6. The number of nitrogens with zero attached hydrogens (tertiary/aromatic N) is 2. The van der Waals surface area contributed by atoms with E-state index in [9.17, 15) is 9.59 Å². The molecule has 0 aliphatic heterocycles. The van der Waals surface area contributed by atoms with Gasteiger partial charge in [0.1, 0.15) is 0 Å². The number of anilines is 2. The average molecular weight is 344 g/mol. The fourth-order valence-corrected chi connectivity index (χ4v) is 2.93. The van der Waals surface area contributed by atoms with E-state index in [1.54, 1.807) is 6.92 Å². The zero-order valence-corrected chi connectivity index (χ0v) is 15.3. The molecule has 1 aliphatic carbocycles. The highest BCUT2D eigenvalue weighted by atomic mass is 16.2. The Bertz CT molecular complexity index is 617. The van der Waals surface area contributed by atoms with Gasteiger partial charge in [0.15, 0.2) is 0 Å². The van der Waals surface area contributed by atoms with Gasteiger partial charge >= 0.3 is 0 Å². The lowest BCUT2D eigenvalue weighted by atomic mass is 9.89. The first-order valence-electron chi connectivity index (χ1n) is 8.86. The van der Waals surface area contributed by atoms with Crippen LogP contribution in [0.3, 0.4) is 0 Å². The van der Waals surface area contributed by atoms with Crippen molar-refractivity contribution in [3.05, 3.63) is 24.3 Å². The van der Waals surface area contributed by atoms with Crippen LogP contribution in [-0.2, 0) is 9.59 Å². The summed E-state index contributed by atoms with van der Waals surface area (Å²) in [7, 11) is 3.93. The minimum atomic E-state index is -0.147. The topological polar surface area (TPSA) is 73.8 Å². The number of hydrogen-bond donors (Lipinski definition) is 2. The highest BCUT2D eigenvalue weighted by Gasteiger charge is 2.20. The van der Waals surface area contributed by atoms with Gasteiger partial charge < -0.3 is 10.2 Å². The summed E-state index contributed by atoms with van der Waals surface area (Å²) in [4.78, 5) is 26.1. The molecule has 2 amide bonds. The van der Waals surface area contributed by atoms with E-state index in [0.717, 1.165) is 37.1 Å². The number of benzene rings is 1. The smallest absolute Gasteiger partial charge is 0.243 e. The number of carbonyl (C=O) groups excluding carboxylic acids is 2. The van der Waals surface area contributed by atoms with Gasteiger partial charge in [-0.05, 0) is 44.0 Å². The summed E-state index contributed by atoms with van der Waals surface area (Å²) in [6.45, 7) is 1.75. The molecule has 1 saturated carbocycles. The van der Waals surface area contributed by atoms with Crippen molar-refractivity contribution in [2.45, 2.75) is 45.4 Å². The average Bonchev–Trinajstić information content (AvgIpc) is 2.60. The SMILES string of the molecule is C/C(CC(=O)Nc1ccc(N(C)C)cc1)=N/NC(=O)C1CCCCC1. The van der Waals surface area contributed by atoms with E-state index in [2.05, 4.69) is 15.8 Å². The van der Waals surface area contributed by atoms with E-state index < -0.39 is 0 Å². The largest absolute Gasteiger partial charge is 0.378 e. The molecular formula is C19H28N4O2. The van der Waals surface area contributed by atoms with Crippen molar-refractivity contribution in [1.29, 1.82) is 0 Å². The second-order valence-corrected chi connectivity index (χ2v) is 6.82. The van der Waals surface area contributed by atoms with Crippen molar-refractivity contribution < 1.29 is 9.59 Å². The molecule has 1 aromatic carbocycles. The van der Waals surface area contributed by atoms with Gasteiger partial charge in [-0.3, -0.25) is 9.59 Å². The molecule has 0 aromatic heterocycles. The van der Waals surface area contributed by atoms with E-state index >= 15 is 0 Å². The van der Waals surface area contributed by atoms with Crippen molar-refractivity contribution in [3.8, 4) is 0 Å². The minimum Gasteiger partial charge on any atom is -0.378 e. The molecule has 0 atom stereocenters. The number of hydrogen-bond acceptors (Lipinski definition) is 4. The van der Waals surface area contributed by atoms with Gasteiger partial charge in [-0.25, -0.2) is 5.43 Å². The fourth-order valence-electron chi connectivity index (χ4n) is 2.93. The zero-order valence-electron chi connectivity index (χ0n) is 15.3. The molecule has 0 heterocycles. The quantitative estimate of drug-likeness (QED) is 0.615. The molecule has 0 radical (unpaired) electrons. The van der Waals surface area contributed by atoms with Crippen LogP contribution in [0.2, 0.25) is 0 Å². The monoisotopic (exact) mass is 344 g/mol. The Kier molecular flexibility index (Phi) is 6.98. The lowest BCUT2D eigenvalue weighted by Gasteiger charge is -2.19. The molecule has 1 fully saturated rings. The van der Waals surface area contributed by atoms with Crippen molar-refractivity contribution in [2.75, 3.05) is 24.3 Å². The first-order valence-corrected chi connectivity index (χ1v) is 8.86. The maximum absolute atomic E-state index is 12.1. The van der Waals surface area contributed by atoms with Crippen molar-refractivity contribution >= 4 is 28.9 Å². The summed E-state index contributed by atoms with van der Waals surface area (Å²) in [5, 5.41) is 6.91. The fraction of sp³-hybridized carbons (Fsp3) is 0.526. The van der Waals surface area contributed by atoms with E-state index in [0.29, 0.717) is 5.71 Å². The molecule has 1 aliphatic rings. The van der Waals surface area contributed by atoms with Crippen LogP contribution >= 0.6 is 0 Å². The van der Waals surface area contributed by atoms with Gasteiger partial charge in [-0.2, -0.15) is 5.10 Å². The third-order valence-corrected chi connectivity index (χ3v) is 4.42. The Labute approximate surface area is 149 Å². The van der Waals surface area contributed by atoms with Gasteiger partial charge in [0, 0.05) is 37.1 Å². The first kappa shape index (κ1) is 19.0. The van der Waals surface area contributed by atoms with Gasteiger partial charge in [-0.15, -0.1) is 0 Å². The first-order chi connectivity index (χ1) is 12.0. The summed E-state index contributed by atoms with van der Waals surface area (Å²) in [5.41, 5.74) is 5.01. The van der Waals surface area contributed by atoms with Gasteiger partial charge in [-0.1, -0.05) is 19.3 Å². The summed E-state index contributed by atoms with van der Waals surface area (Å²) >= 11 is 0. The molecule has 2 N–H and O–H groups in total. The summed E-state index contributed by atoms with van der Waals surface area (Å²) in [5.74, 6) is -0.112. The molecule has 6 nitrogen and oxygen atoms in total. The van der Waals surface area contributed by atoms with Gasteiger partial charge in [0.05, 0.1) is 6.42 Å². The molecule has 136 valence electrons. The third-order valence-electron chi connectivity index (χ3n) is 4.42. The van der Waals surface area contributed by atoms with E-state index in [1.165, 1.54) is 6.42 Å². The van der Waals surface area contributed by atoms with Crippen LogP contribution in [-0.4, -0.2) is 31.6 Å². The molecule has 25 heavy (non-hydrogen) atoms. The van der Waals surface area contributed by atoms with Crippen molar-refractivity contribution in [2.24, 2.45) is 11.0 Å². The molecule has 2 rings (SSSR count). The summed E-state index contributed by atoms with van der Waals surface area (Å²) in [6, 6.07) is 7.62.